The second-order valence-electron chi connectivity index (χ2n) is 10.8. The summed E-state index contributed by atoms with van der Waals surface area (Å²) in [6.45, 7) is 13.2. The predicted octanol–water partition coefficient (Wildman–Crippen LogP) is 4.78. The molecule has 4 N–H and O–H groups in total. The third-order valence-corrected chi connectivity index (χ3v) is 5.43. The van der Waals surface area contributed by atoms with E-state index in [1.165, 1.54) is 4.90 Å². The molecule has 0 spiro atoms. The Kier molecular flexibility index (Phi) is 7.94. The van der Waals surface area contributed by atoms with Gasteiger partial charge in [-0.3, -0.25) is 10.3 Å². The standard InChI is InChI=1S/C26H37N7O4/c1-8-11-18-30-19-20(16-12-9-10-13-17(16)29-21(19)27)32(18)15-14-28-22(31-23(34)35)33(25(2,3)4)24(36)37-26(5,6)7/h9-10,12-13H,8,11,14-15H2,1-7H3,(H2,27,29)(H,28,31)(H,34,35). The lowest BCUT2D eigenvalue weighted by Gasteiger charge is -2.36. The summed E-state index contributed by atoms with van der Waals surface area (Å²) in [6.07, 6.45) is -0.434. The van der Waals surface area contributed by atoms with Crippen molar-refractivity contribution < 1.29 is 19.4 Å². The summed E-state index contributed by atoms with van der Waals surface area (Å²) in [7, 11) is 0. The van der Waals surface area contributed by atoms with Crippen LogP contribution in [-0.4, -0.2) is 60.4 Å². The Hall–Kier alpha value is -3.89. The third-order valence-electron chi connectivity index (χ3n) is 5.43. The number of hydrogen-bond acceptors (Lipinski definition) is 7. The van der Waals surface area contributed by atoms with Crippen LogP contribution in [0.5, 0.6) is 0 Å². The molecule has 0 bridgehead atoms. The van der Waals surface area contributed by atoms with Crippen molar-refractivity contribution in [2.45, 2.75) is 79.0 Å². The lowest BCUT2D eigenvalue weighted by molar-refractivity contribution is 0.0242. The number of carboxylic acid groups (broad SMARTS) is 1. The highest BCUT2D eigenvalue weighted by Gasteiger charge is 2.35. The van der Waals surface area contributed by atoms with Crippen LogP contribution in [0.2, 0.25) is 0 Å². The van der Waals surface area contributed by atoms with E-state index >= 15 is 0 Å². The number of hydrogen-bond donors (Lipinski definition) is 3. The Morgan fingerprint density at radius 1 is 1.16 bits per heavy atom. The van der Waals surface area contributed by atoms with Crippen LogP contribution < -0.4 is 11.1 Å². The molecule has 0 saturated carbocycles. The summed E-state index contributed by atoms with van der Waals surface area (Å²) in [5, 5.41) is 12.7. The molecule has 2 amide bonds. The number of nitrogens with one attached hydrogen (secondary N) is 1. The quantitative estimate of drug-likeness (QED) is 0.330. The van der Waals surface area contributed by atoms with E-state index in [-0.39, 0.29) is 12.5 Å². The van der Waals surface area contributed by atoms with Gasteiger partial charge in [-0.1, -0.05) is 25.1 Å². The molecule has 0 unspecified atom stereocenters. The minimum absolute atomic E-state index is 0.109. The highest BCUT2D eigenvalue weighted by atomic mass is 16.6. The van der Waals surface area contributed by atoms with E-state index in [9.17, 15) is 14.7 Å². The monoisotopic (exact) mass is 511 g/mol. The van der Waals surface area contributed by atoms with Gasteiger partial charge in [0.05, 0.1) is 17.6 Å². The van der Waals surface area contributed by atoms with Gasteiger partial charge in [-0.2, -0.15) is 0 Å². The van der Waals surface area contributed by atoms with E-state index in [0.717, 1.165) is 35.1 Å². The van der Waals surface area contributed by atoms with E-state index in [0.29, 0.717) is 17.9 Å². The summed E-state index contributed by atoms with van der Waals surface area (Å²) in [5.74, 6) is 1.08. The number of nitrogens with two attached hydrogens (primary N) is 1. The normalized spacial score (nSPS) is 12.7. The van der Waals surface area contributed by atoms with E-state index < -0.39 is 23.3 Å². The second-order valence-corrected chi connectivity index (χ2v) is 10.8. The first-order valence-corrected chi connectivity index (χ1v) is 12.3. The van der Waals surface area contributed by atoms with Crippen molar-refractivity contribution in [3.05, 3.63) is 30.1 Å². The van der Waals surface area contributed by atoms with E-state index in [1.54, 1.807) is 41.5 Å². The van der Waals surface area contributed by atoms with Crippen LogP contribution in [0.1, 0.15) is 60.7 Å². The zero-order chi connectivity index (χ0) is 27.5. The van der Waals surface area contributed by atoms with Crippen LogP contribution in [0, 0.1) is 0 Å². The van der Waals surface area contributed by atoms with Crippen LogP contribution in [0.4, 0.5) is 15.4 Å². The number of carbonyl (C=O) groups excluding carboxylic acids is 1. The van der Waals surface area contributed by atoms with Crippen LogP contribution in [0.15, 0.2) is 29.3 Å². The first-order valence-electron chi connectivity index (χ1n) is 12.3. The second kappa shape index (κ2) is 10.6. The number of para-hydroxylation sites is 1. The first kappa shape index (κ1) is 27.7. The maximum absolute atomic E-state index is 13.1. The molecule has 1 aromatic carbocycles. The summed E-state index contributed by atoms with van der Waals surface area (Å²) < 4.78 is 7.60. The maximum Gasteiger partial charge on any atom is 0.417 e. The van der Waals surface area contributed by atoms with Gasteiger partial charge >= 0.3 is 12.2 Å². The predicted molar refractivity (Wildman–Crippen MR) is 145 cm³/mol. The molecule has 3 aromatic rings. The van der Waals surface area contributed by atoms with E-state index in [4.69, 9.17) is 15.5 Å². The molecule has 200 valence electrons. The van der Waals surface area contributed by atoms with Crippen molar-refractivity contribution in [2.75, 3.05) is 12.3 Å². The molecule has 0 atom stereocenters. The zero-order valence-electron chi connectivity index (χ0n) is 22.6. The van der Waals surface area contributed by atoms with Gasteiger partial charge in [0.1, 0.15) is 16.9 Å². The molecule has 11 nitrogen and oxygen atoms in total. The van der Waals surface area contributed by atoms with Crippen molar-refractivity contribution >= 4 is 45.9 Å². The lowest BCUT2D eigenvalue weighted by atomic mass is 10.1. The molecule has 0 saturated heterocycles. The van der Waals surface area contributed by atoms with E-state index in [2.05, 4.69) is 26.8 Å². The molecule has 3 rings (SSSR count). The highest BCUT2D eigenvalue weighted by Crippen LogP contribution is 2.29. The van der Waals surface area contributed by atoms with Gasteiger partial charge in [0.2, 0.25) is 5.96 Å². The van der Waals surface area contributed by atoms with Gasteiger partial charge in [-0.15, -0.1) is 0 Å². The number of imidazole rings is 1. The molecular formula is C26H37N7O4. The maximum atomic E-state index is 13.1. The molecule has 0 aliphatic carbocycles. The average Bonchev–Trinajstić information content (AvgIpc) is 3.10. The minimum atomic E-state index is -1.33. The Labute approximate surface area is 216 Å². The van der Waals surface area contributed by atoms with Crippen LogP contribution in [0.3, 0.4) is 0 Å². The molecule has 0 aliphatic rings. The molecule has 0 aliphatic heterocycles. The smallest absolute Gasteiger partial charge is 0.417 e. The fraction of sp³-hybridized carbons (Fsp3) is 0.500. The number of anilines is 1. The SMILES string of the molecule is CCCc1nc2c(N)nc3ccccc3c2n1CCN=C(NC(=O)O)N(C(=O)OC(C)(C)C)C(C)(C)C. The Balaban J connectivity index is 2.06. The van der Waals surface area contributed by atoms with Gasteiger partial charge in [-0.05, 0) is 54.0 Å². The number of aryl methyl sites for hydroxylation is 1. The van der Waals surface area contributed by atoms with Crippen LogP contribution in [0.25, 0.3) is 21.9 Å². The third kappa shape index (κ3) is 6.46. The number of amides is 2. The lowest BCUT2D eigenvalue weighted by Crippen LogP contribution is -2.56. The van der Waals surface area contributed by atoms with Crippen molar-refractivity contribution in [1.82, 2.24) is 24.8 Å². The number of nitrogen functional groups attached to an aromatic ring is 1. The van der Waals surface area contributed by atoms with E-state index in [1.807, 2.05) is 24.3 Å². The van der Waals surface area contributed by atoms with Crippen LogP contribution in [-0.2, 0) is 17.7 Å². The summed E-state index contributed by atoms with van der Waals surface area (Å²) in [6, 6.07) is 7.71. The van der Waals surface area contributed by atoms with Crippen molar-refractivity contribution in [3.63, 3.8) is 0 Å². The number of guanidine groups is 1. The van der Waals surface area contributed by atoms with Gasteiger partial charge in [0, 0.05) is 23.9 Å². The summed E-state index contributed by atoms with van der Waals surface area (Å²) in [4.78, 5) is 39.7. The molecule has 2 aromatic heterocycles. The molecule has 37 heavy (non-hydrogen) atoms. The number of benzene rings is 1. The Bertz CT molecular complexity index is 1330. The molecule has 2 heterocycles. The van der Waals surface area contributed by atoms with Gasteiger partial charge < -0.3 is 20.1 Å². The minimum Gasteiger partial charge on any atom is -0.465 e. The zero-order valence-corrected chi connectivity index (χ0v) is 22.6. The Morgan fingerprint density at radius 2 is 1.84 bits per heavy atom. The number of nitrogens with zero attached hydrogens (tertiary/aromatic N) is 5. The number of aliphatic imine (C=N–C) groups is 1. The fourth-order valence-corrected chi connectivity index (χ4v) is 4.06. The number of fused-ring (bicyclic) bond motifs is 3. The highest BCUT2D eigenvalue weighted by molar-refractivity contribution is 6.06. The molecular weight excluding hydrogens is 474 g/mol. The van der Waals surface area contributed by atoms with Crippen molar-refractivity contribution in [1.29, 1.82) is 0 Å². The molecule has 0 radical (unpaired) electrons. The fourth-order valence-electron chi connectivity index (χ4n) is 4.06. The number of aromatic nitrogens is 3. The molecule has 0 fully saturated rings. The average molecular weight is 512 g/mol. The van der Waals surface area contributed by atoms with Crippen molar-refractivity contribution in [2.24, 2.45) is 4.99 Å². The summed E-state index contributed by atoms with van der Waals surface area (Å²) in [5.41, 5.74) is 6.92. The summed E-state index contributed by atoms with van der Waals surface area (Å²) >= 11 is 0. The number of carbonyl (C=O) groups is 2. The topological polar surface area (TPSA) is 148 Å². The Morgan fingerprint density at radius 3 is 2.43 bits per heavy atom. The number of ether oxygens (including phenoxy) is 1. The van der Waals surface area contributed by atoms with Crippen LogP contribution >= 0.6 is 0 Å². The first-order chi connectivity index (χ1) is 17.2. The number of rotatable bonds is 5. The van der Waals surface area contributed by atoms with Gasteiger partial charge in [-0.25, -0.2) is 24.5 Å². The molecule has 11 heteroatoms. The largest absolute Gasteiger partial charge is 0.465 e. The van der Waals surface area contributed by atoms with Gasteiger partial charge in [0.25, 0.3) is 0 Å². The number of pyridine rings is 1. The van der Waals surface area contributed by atoms with Crippen molar-refractivity contribution in [3.8, 4) is 0 Å². The van der Waals surface area contributed by atoms with Gasteiger partial charge in [0.15, 0.2) is 5.82 Å².